The normalized spacial score (nSPS) is 33.9. The van der Waals surface area contributed by atoms with Crippen molar-refractivity contribution in [3.05, 3.63) is 59.7 Å². The second-order valence-corrected chi connectivity index (χ2v) is 14.0. The maximum atomic E-state index is 13.7. The SMILES string of the molecule is COC(=O)[C@@H](Cc1ccccc1)NC(=O)[C@@H]1CCC[C@H]1[C@@H]1C/C=C/C=C(/C#N)[C@H](O)[C@@H](C)C[C@H](C)C[C@H](C)C[C@H](C)[C@@H](O)CC(=O)O1. The van der Waals surface area contributed by atoms with Gasteiger partial charge in [0, 0.05) is 24.7 Å². The van der Waals surface area contributed by atoms with Gasteiger partial charge in [0.15, 0.2) is 0 Å². The van der Waals surface area contributed by atoms with Crippen molar-refractivity contribution in [3.63, 3.8) is 0 Å². The number of esters is 2. The summed E-state index contributed by atoms with van der Waals surface area (Å²) in [6.45, 7) is 8.17. The van der Waals surface area contributed by atoms with Crippen molar-refractivity contribution < 1.29 is 34.1 Å². The Balaban J connectivity index is 1.85. The summed E-state index contributed by atoms with van der Waals surface area (Å²) in [6.07, 6.45) is 7.45. The molecule has 1 aromatic carbocycles. The fourth-order valence-corrected chi connectivity index (χ4v) is 7.45. The Bertz CT molecular complexity index is 1270. The van der Waals surface area contributed by atoms with E-state index < -0.39 is 42.2 Å². The highest BCUT2D eigenvalue weighted by Crippen LogP contribution is 2.38. The monoisotopic (exact) mass is 650 g/mol. The fourth-order valence-electron chi connectivity index (χ4n) is 7.45. The van der Waals surface area contributed by atoms with Crippen molar-refractivity contribution in [2.24, 2.45) is 35.5 Å². The molecule has 0 bridgehead atoms. The highest BCUT2D eigenvalue weighted by atomic mass is 16.5. The molecule has 0 aromatic heterocycles. The Morgan fingerprint density at radius 2 is 1.72 bits per heavy atom. The van der Waals surface area contributed by atoms with E-state index in [9.17, 15) is 29.9 Å². The highest BCUT2D eigenvalue weighted by molar-refractivity contribution is 5.86. The number of carbonyl (C=O) groups is 3. The van der Waals surface area contributed by atoms with E-state index in [1.807, 2.05) is 44.2 Å². The molecule has 258 valence electrons. The number of aliphatic hydroxyl groups is 2. The van der Waals surface area contributed by atoms with Gasteiger partial charge < -0.3 is 25.0 Å². The number of hydrogen-bond acceptors (Lipinski definition) is 8. The average molecular weight is 651 g/mol. The molecule has 9 heteroatoms. The number of cyclic esters (lactones) is 1. The van der Waals surface area contributed by atoms with Crippen molar-refractivity contribution in [2.45, 2.75) is 110 Å². The van der Waals surface area contributed by atoms with Crippen molar-refractivity contribution >= 4 is 17.8 Å². The molecule has 0 spiro atoms. The number of ether oxygens (including phenoxy) is 2. The molecular weight excluding hydrogens is 596 g/mol. The molecule has 0 radical (unpaired) electrons. The van der Waals surface area contributed by atoms with Crippen LogP contribution in [0.5, 0.6) is 0 Å². The second kappa shape index (κ2) is 18.8. The predicted molar refractivity (Wildman–Crippen MR) is 179 cm³/mol. The standard InChI is InChI=1S/C38H54N2O7/c1-24-18-25(2)20-27(4)36(43)29(23-39)14-9-10-17-34(47-35(42)22-33(41)26(3)19-24)30-15-11-16-31(30)37(44)40-32(38(45)46-5)21-28-12-7-6-8-13-28/h6-10,12-14,24-27,30-34,36,41,43H,11,15-22H2,1-5H3,(H,40,44)/b10-9+,29-14-/t24-,25+,26-,27-,30+,31+,32+,33-,34-,36+/m0/s1. The number of nitriles is 1. The number of amides is 1. The molecule has 10 atom stereocenters. The molecular formula is C38H54N2O7. The predicted octanol–water partition coefficient (Wildman–Crippen LogP) is 5.45. The summed E-state index contributed by atoms with van der Waals surface area (Å²) in [4.78, 5) is 39.6. The Morgan fingerprint density at radius 3 is 2.38 bits per heavy atom. The molecule has 0 unspecified atom stereocenters. The first-order chi connectivity index (χ1) is 22.4. The van der Waals surface area contributed by atoms with Crippen molar-refractivity contribution in [2.75, 3.05) is 7.11 Å². The Morgan fingerprint density at radius 1 is 1.04 bits per heavy atom. The van der Waals surface area contributed by atoms with Crippen LogP contribution in [-0.2, 0) is 30.3 Å². The first-order valence-electron chi connectivity index (χ1n) is 17.2. The van der Waals surface area contributed by atoms with Crippen molar-refractivity contribution in [3.8, 4) is 6.07 Å². The van der Waals surface area contributed by atoms with Gasteiger partial charge in [0.25, 0.3) is 0 Å². The highest BCUT2D eigenvalue weighted by Gasteiger charge is 2.41. The van der Waals surface area contributed by atoms with Crippen LogP contribution in [0.2, 0.25) is 0 Å². The summed E-state index contributed by atoms with van der Waals surface area (Å²) in [6, 6.07) is 10.7. The van der Waals surface area contributed by atoms with Gasteiger partial charge >= 0.3 is 11.9 Å². The van der Waals surface area contributed by atoms with Crippen LogP contribution in [0.4, 0.5) is 0 Å². The number of allylic oxidation sites excluding steroid dienone is 2. The van der Waals surface area contributed by atoms with Crippen LogP contribution in [0.15, 0.2) is 54.1 Å². The zero-order valence-electron chi connectivity index (χ0n) is 28.6. The first-order valence-corrected chi connectivity index (χ1v) is 17.2. The number of nitrogens with one attached hydrogen (secondary N) is 1. The minimum absolute atomic E-state index is 0.111. The Hall–Kier alpha value is -3.48. The lowest BCUT2D eigenvalue weighted by Crippen LogP contribution is -2.47. The number of methoxy groups -OCH3 is 1. The van der Waals surface area contributed by atoms with Gasteiger partial charge in [-0.1, -0.05) is 76.6 Å². The summed E-state index contributed by atoms with van der Waals surface area (Å²) >= 11 is 0. The van der Waals surface area contributed by atoms with Gasteiger partial charge in [-0.3, -0.25) is 9.59 Å². The second-order valence-electron chi connectivity index (χ2n) is 14.0. The number of nitrogens with zero attached hydrogens (tertiary/aromatic N) is 1. The van der Waals surface area contributed by atoms with Gasteiger partial charge in [0.1, 0.15) is 12.1 Å². The summed E-state index contributed by atoms with van der Waals surface area (Å²) in [5.74, 6) is -1.79. The molecule has 9 nitrogen and oxygen atoms in total. The van der Waals surface area contributed by atoms with E-state index in [1.165, 1.54) is 7.11 Å². The summed E-state index contributed by atoms with van der Waals surface area (Å²) in [7, 11) is 1.29. The van der Waals surface area contributed by atoms with Gasteiger partial charge in [-0.05, 0) is 67.4 Å². The fraction of sp³-hybridized carbons (Fsp3) is 0.632. The zero-order chi connectivity index (χ0) is 34.5. The van der Waals surface area contributed by atoms with E-state index in [4.69, 9.17) is 9.47 Å². The number of carbonyl (C=O) groups excluding carboxylic acids is 3. The Kier molecular flexibility index (Phi) is 15.2. The van der Waals surface area contributed by atoms with Crippen LogP contribution >= 0.6 is 0 Å². The number of benzene rings is 1. The van der Waals surface area contributed by atoms with E-state index in [0.29, 0.717) is 24.7 Å². The third-order valence-corrected chi connectivity index (χ3v) is 9.90. The number of rotatable bonds is 6. The summed E-state index contributed by atoms with van der Waals surface area (Å²) in [5.41, 5.74) is 1.15. The molecule has 1 aromatic rings. The van der Waals surface area contributed by atoms with Crippen LogP contribution in [0.1, 0.15) is 84.6 Å². The third-order valence-electron chi connectivity index (χ3n) is 9.90. The lowest BCUT2D eigenvalue weighted by atomic mass is 9.82. The molecule has 1 fully saturated rings. The maximum Gasteiger partial charge on any atom is 0.328 e. The van der Waals surface area contributed by atoms with E-state index in [1.54, 1.807) is 18.2 Å². The third kappa shape index (κ3) is 11.6. The lowest BCUT2D eigenvalue weighted by Gasteiger charge is -2.29. The van der Waals surface area contributed by atoms with Crippen LogP contribution < -0.4 is 5.32 Å². The van der Waals surface area contributed by atoms with Crippen LogP contribution in [-0.4, -0.2) is 59.5 Å². The molecule has 0 saturated heterocycles. The maximum absolute atomic E-state index is 13.7. The summed E-state index contributed by atoms with van der Waals surface area (Å²) in [5, 5.41) is 34.6. The minimum Gasteiger partial charge on any atom is -0.467 e. The molecule has 1 aliphatic carbocycles. The quantitative estimate of drug-likeness (QED) is 0.345. The average Bonchev–Trinajstić information content (AvgIpc) is 3.53. The van der Waals surface area contributed by atoms with Gasteiger partial charge in [-0.15, -0.1) is 0 Å². The lowest BCUT2D eigenvalue weighted by molar-refractivity contribution is -0.157. The molecule has 1 amide bonds. The zero-order valence-corrected chi connectivity index (χ0v) is 28.6. The van der Waals surface area contributed by atoms with E-state index in [2.05, 4.69) is 25.2 Å². The molecule has 3 N–H and O–H groups in total. The van der Waals surface area contributed by atoms with E-state index in [0.717, 1.165) is 31.2 Å². The minimum atomic E-state index is -0.905. The van der Waals surface area contributed by atoms with Crippen LogP contribution in [0.25, 0.3) is 0 Å². The van der Waals surface area contributed by atoms with Crippen LogP contribution in [0, 0.1) is 46.8 Å². The van der Waals surface area contributed by atoms with Crippen molar-refractivity contribution in [1.82, 2.24) is 5.32 Å². The largest absolute Gasteiger partial charge is 0.467 e. The molecule has 47 heavy (non-hydrogen) atoms. The van der Waals surface area contributed by atoms with Gasteiger partial charge in [-0.2, -0.15) is 5.26 Å². The first kappa shape index (κ1) is 38.0. The van der Waals surface area contributed by atoms with Gasteiger partial charge in [-0.25, -0.2) is 4.79 Å². The molecule has 2 aliphatic rings. The topological polar surface area (TPSA) is 146 Å². The Labute approximate surface area is 280 Å². The van der Waals surface area contributed by atoms with E-state index in [-0.39, 0.29) is 48.5 Å². The molecule has 1 aliphatic heterocycles. The number of aliphatic hydroxyl groups excluding tert-OH is 2. The molecule has 3 rings (SSSR count). The van der Waals surface area contributed by atoms with Gasteiger partial charge in [0.05, 0.1) is 37.4 Å². The summed E-state index contributed by atoms with van der Waals surface area (Å²) < 4.78 is 11.0. The molecule has 1 saturated carbocycles. The van der Waals surface area contributed by atoms with Crippen molar-refractivity contribution in [1.29, 1.82) is 5.26 Å². The molecule has 1 heterocycles. The van der Waals surface area contributed by atoms with Crippen LogP contribution in [0.3, 0.4) is 0 Å². The smallest absolute Gasteiger partial charge is 0.328 e. The van der Waals surface area contributed by atoms with Gasteiger partial charge in [0.2, 0.25) is 5.91 Å². The number of hydrogen-bond donors (Lipinski definition) is 3. The van der Waals surface area contributed by atoms with E-state index >= 15 is 0 Å².